The summed E-state index contributed by atoms with van der Waals surface area (Å²) in [4.78, 5) is 0. The van der Waals surface area contributed by atoms with Crippen LogP contribution in [0.5, 0.6) is 0 Å². The quantitative estimate of drug-likeness (QED) is 0.410. The molecule has 0 aliphatic rings. The highest BCUT2D eigenvalue weighted by Crippen LogP contribution is 2.24. The van der Waals surface area contributed by atoms with Crippen LogP contribution in [-0.2, 0) is 0 Å². The van der Waals surface area contributed by atoms with Crippen molar-refractivity contribution in [1.82, 2.24) is 0 Å². The number of nitrogen functional groups attached to an aromatic ring is 1. The minimum Gasteiger partial charge on any atom is -0.396 e. The van der Waals surface area contributed by atoms with Gasteiger partial charge in [0.1, 0.15) is 0 Å². The summed E-state index contributed by atoms with van der Waals surface area (Å²) in [6, 6.07) is 0.966. The van der Waals surface area contributed by atoms with E-state index in [2.05, 4.69) is 15.9 Å². The van der Waals surface area contributed by atoms with Crippen molar-refractivity contribution in [1.29, 1.82) is 0 Å². The second-order valence-corrected chi connectivity index (χ2v) is 2.74. The van der Waals surface area contributed by atoms with Crippen molar-refractivity contribution < 1.29 is 13.2 Å². The minimum absolute atomic E-state index is 0.186. The summed E-state index contributed by atoms with van der Waals surface area (Å²) in [6.07, 6.45) is 0. The van der Waals surface area contributed by atoms with Crippen molar-refractivity contribution in [2.75, 3.05) is 5.73 Å². The van der Waals surface area contributed by atoms with Gasteiger partial charge in [-0.3, -0.25) is 0 Å². The summed E-state index contributed by atoms with van der Waals surface area (Å²) in [5.74, 6) is -4.18. The number of halogens is 4. The first-order valence-electron chi connectivity index (χ1n) is 2.62. The highest BCUT2D eigenvalue weighted by Gasteiger charge is 2.14. The first kappa shape index (κ1) is 8.39. The van der Waals surface area contributed by atoms with E-state index in [1.54, 1.807) is 0 Å². The maximum atomic E-state index is 12.5. The van der Waals surface area contributed by atoms with Gasteiger partial charge in [0.2, 0.25) is 0 Å². The van der Waals surface area contributed by atoms with E-state index < -0.39 is 23.1 Å². The third kappa shape index (κ3) is 1.33. The van der Waals surface area contributed by atoms with E-state index in [9.17, 15) is 13.2 Å². The van der Waals surface area contributed by atoms with Crippen molar-refractivity contribution in [2.45, 2.75) is 0 Å². The molecule has 0 aromatic heterocycles. The van der Waals surface area contributed by atoms with E-state index in [0.29, 0.717) is 0 Å². The van der Waals surface area contributed by atoms with Gasteiger partial charge in [0.25, 0.3) is 0 Å². The summed E-state index contributed by atoms with van der Waals surface area (Å²) < 4.78 is 37.1. The minimum atomic E-state index is -1.56. The van der Waals surface area contributed by atoms with Crippen LogP contribution in [0.1, 0.15) is 0 Å². The normalized spacial score (nSPS) is 10.2. The number of nitrogens with two attached hydrogens (primary N) is 1. The van der Waals surface area contributed by atoms with Crippen molar-refractivity contribution >= 4 is 21.6 Å². The molecule has 11 heavy (non-hydrogen) atoms. The maximum Gasteiger partial charge on any atom is 0.197 e. The lowest BCUT2D eigenvalue weighted by Crippen LogP contribution is -1.98. The van der Waals surface area contributed by atoms with Crippen molar-refractivity contribution in [3.05, 3.63) is 28.0 Å². The number of rotatable bonds is 0. The molecule has 0 amide bonds. The van der Waals surface area contributed by atoms with Crippen molar-refractivity contribution in [2.24, 2.45) is 0 Å². The topological polar surface area (TPSA) is 26.0 Å². The summed E-state index contributed by atoms with van der Waals surface area (Å²) in [5.41, 5.74) is 4.56. The predicted molar refractivity (Wildman–Crippen MR) is 38.4 cm³/mol. The zero-order chi connectivity index (χ0) is 8.59. The fourth-order valence-electron chi connectivity index (χ4n) is 0.591. The Balaban J connectivity index is 3.46. The molecule has 1 rings (SSSR count). The molecule has 0 saturated heterocycles. The van der Waals surface area contributed by atoms with Gasteiger partial charge in [-0.1, -0.05) is 0 Å². The molecule has 60 valence electrons. The van der Waals surface area contributed by atoms with Crippen LogP contribution in [0.2, 0.25) is 0 Å². The highest BCUT2D eigenvalue weighted by molar-refractivity contribution is 9.10. The Kier molecular flexibility index (Phi) is 2.08. The Morgan fingerprint density at radius 2 is 1.64 bits per heavy atom. The molecule has 0 aliphatic carbocycles. The molecule has 0 saturated carbocycles. The highest BCUT2D eigenvalue weighted by atomic mass is 79.9. The molecule has 1 aromatic carbocycles. The zero-order valence-electron chi connectivity index (χ0n) is 5.17. The fourth-order valence-corrected chi connectivity index (χ4v) is 1.01. The van der Waals surface area contributed by atoms with Crippen LogP contribution in [-0.4, -0.2) is 0 Å². The molecule has 0 radical (unpaired) electrons. The summed E-state index contributed by atoms with van der Waals surface area (Å²) in [5, 5.41) is 0. The molecule has 1 nitrogen and oxygen atoms in total. The molecule has 0 aliphatic heterocycles. The van der Waals surface area contributed by atoms with Gasteiger partial charge in [-0.25, -0.2) is 13.2 Å². The van der Waals surface area contributed by atoms with Gasteiger partial charge in [-0.05, 0) is 22.0 Å². The predicted octanol–water partition coefficient (Wildman–Crippen LogP) is 2.45. The van der Waals surface area contributed by atoms with E-state index in [-0.39, 0.29) is 4.47 Å². The second kappa shape index (κ2) is 2.73. The SMILES string of the molecule is Nc1cc(Br)c(F)c(F)c1F. The molecule has 0 fully saturated rings. The van der Waals surface area contributed by atoms with Gasteiger partial charge in [0, 0.05) is 0 Å². The molecule has 0 atom stereocenters. The monoisotopic (exact) mass is 225 g/mol. The lowest BCUT2D eigenvalue weighted by molar-refractivity contribution is 0.446. The van der Waals surface area contributed by atoms with Crippen LogP contribution >= 0.6 is 15.9 Å². The first-order valence-corrected chi connectivity index (χ1v) is 3.41. The molecular formula is C6H3BrF3N. The molecule has 0 heterocycles. The Bertz CT molecular complexity index is 274. The zero-order valence-corrected chi connectivity index (χ0v) is 6.75. The smallest absolute Gasteiger partial charge is 0.197 e. The average Bonchev–Trinajstić information content (AvgIpc) is 1.97. The Hall–Kier alpha value is -0.710. The Labute approximate surface area is 69.1 Å². The molecule has 5 heteroatoms. The largest absolute Gasteiger partial charge is 0.396 e. The van der Waals surface area contributed by atoms with E-state index in [0.717, 1.165) is 6.07 Å². The lowest BCUT2D eigenvalue weighted by atomic mass is 10.3. The van der Waals surface area contributed by atoms with Gasteiger partial charge in [0.05, 0.1) is 10.2 Å². The van der Waals surface area contributed by atoms with Gasteiger partial charge < -0.3 is 5.73 Å². The molecule has 0 bridgehead atoms. The maximum absolute atomic E-state index is 12.5. The third-order valence-electron chi connectivity index (χ3n) is 1.13. The van der Waals surface area contributed by atoms with E-state index in [1.165, 1.54) is 0 Å². The first-order chi connectivity index (χ1) is 5.04. The van der Waals surface area contributed by atoms with Crippen molar-refractivity contribution in [3.63, 3.8) is 0 Å². The standard InChI is InChI=1S/C6H3BrF3N/c7-2-1-3(11)5(9)6(10)4(2)8/h1H,11H2. The van der Waals surface area contributed by atoms with Crippen molar-refractivity contribution in [3.8, 4) is 0 Å². The second-order valence-electron chi connectivity index (χ2n) is 1.89. The Morgan fingerprint density at radius 3 is 2.18 bits per heavy atom. The number of hydrogen-bond acceptors (Lipinski definition) is 1. The van der Waals surface area contributed by atoms with Crippen LogP contribution in [0.15, 0.2) is 10.5 Å². The van der Waals surface area contributed by atoms with Gasteiger partial charge in [-0.2, -0.15) is 0 Å². The van der Waals surface area contributed by atoms with Gasteiger partial charge in [-0.15, -0.1) is 0 Å². The molecule has 1 aromatic rings. The summed E-state index contributed by atoms with van der Waals surface area (Å²) >= 11 is 2.67. The van der Waals surface area contributed by atoms with E-state index in [4.69, 9.17) is 5.73 Å². The molecule has 0 unspecified atom stereocenters. The fraction of sp³-hybridized carbons (Fsp3) is 0. The number of hydrogen-bond donors (Lipinski definition) is 1. The molecular weight excluding hydrogens is 223 g/mol. The lowest BCUT2D eigenvalue weighted by Gasteiger charge is -2.00. The number of anilines is 1. The summed E-state index contributed by atoms with van der Waals surface area (Å²) in [7, 11) is 0. The Morgan fingerprint density at radius 1 is 1.09 bits per heavy atom. The van der Waals surface area contributed by atoms with Crippen LogP contribution in [0.4, 0.5) is 18.9 Å². The number of benzene rings is 1. The molecule has 0 spiro atoms. The third-order valence-corrected chi connectivity index (χ3v) is 1.71. The van der Waals surface area contributed by atoms with Gasteiger partial charge in [0.15, 0.2) is 17.5 Å². The van der Waals surface area contributed by atoms with Gasteiger partial charge >= 0.3 is 0 Å². The van der Waals surface area contributed by atoms with E-state index in [1.807, 2.05) is 0 Å². The molecule has 2 N–H and O–H groups in total. The van der Waals surface area contributed by atoms with Crippen LogP contribution < -0.4 is 5.73 Å². The van der Waals surface area contributed by atoms with Crippen LogP contribution in [0, 0.1) is 17.5 Å². The van der Waals surface area contributed by atoms with E-state index >= 15 is 0 Å². The average molecular weight is 226 g/mol. The summed E-state index contributed by atoms with van der Waals surface area (Å²) in [6.45, 7) is 0. The van der Waals surface area contributed by atoms with Crippen LogP contribution in [0.3, 0.4) is 0 Å². The van der Waals surface area contributed by atoms with Crippen LogP contribution in [0.25, 0.3) is 0 Å².